The summed E-state index contributed by atoms with van der Waals surface area (Å²) in [7, 11) is 0. The second-order valence-corrected chi connectivity index (χ2v) is 5.25. The Morgan fingerprint density at radius 3 is 2.59 bits per heavy atom. The molecule has 0 saturated carbocycles. The van der Waals surface area contributed by atoms with Crippen molar-refractivity contribution in [2.24, 2.45) is 0 Å². The van der Waals surface area contributed by atoms with Crippen molar-refractivity contribution in [1.29, 1.82) is 0 Å². The molecule has 0 heterocycles. The minimum Gasteiger partial charge on any atom is -0.393 e. The van der Waals surface area contributed by atoms with Gasteiger partial charge in [-0.15, -0.1) is 0 Å². The maximum Gasteiger partial charge on any atom is 0.161 e. The zero-order valence-electron chi connectivity index (χ0n) is 11.3. The molecule has 1 aliphatic rings. The quantitative estimate of drug-likeness (QED) is 0.741. The molecule has 2 heteroatoms. The average molecular weight is 236 g/mol. The standard InChI is InChI=1S/C15H24O2/c1-11(2)8-9-13-6-4-5-7-14(13)15(17)10-12(3)16/h8,12,16H,4-7,9-10H2,1-3H3. The molecule has 0 bridgehead atoms. The first-order chi connectivity index (χ1) is 8.00. The first kappa shape index (κ1) is 14.2. The lowest BCUT2D eigenvalue weighted by molar-refractivity contribution is -0.117. The van der Waals surface area contributed by atoms with E-state index < -0.39 is 6.10 Å². The molecule has 0 aromatic rings. The lowest BCUT2D eigenvalue weighted by atomic mass is 9.86. The van der Waals surface area contributed by atoms with Gasteiger partial charge >= 0.3 is 0 Å². The van der Waals surface area contributed by atoms with Crippen LogP contribution in [-0.4, -0.2) is 17.0 Å². The van der Waals surface area contributed by atoms with Crippen LogP contribution in [0.2, 0.25) is 0 Å². The zero-order valence-corrected chi connectivity index (χ0v) is 11.3. The predicted molar refractivity (Wildman–Crippen MR) is 70.8 cm³/mol. The van der Waals surface area contributed by atoms with Gasteiger partial charge in [0.05, 0.1) is 6.10 Å². The van der Waals surface area contributed by atoms with Crippen molar-refractivity contribution in [1.82, 2.24) is 0 Å². The average Bonchev–Trinajstić information content (AvgIpc) is 2.25. The summed E-state index contributed by atoms with van der Waals surface area (Å²) in [5, 5.41) is 9.30. The van der Waals surface area contributed by atoms with E-state index in [1.54, 1.807) is 6.92 Å². The normalized spacial score (nSPS) is 17.9. The van der Waals surface area contributed by atoms with Crippen LogP contribution in [0.1, 0.15) is 59.3 Å². The lowest BCUT2D eigenvalue weighted by Gasteiger charge is -2.19. The van der Waals surface area contributed by atoms with Crippen molar-refractivity contribution >= 4 is 5.78 Å². The number of aliphatic hydroxyl groups is 1. The smallest absolute Gasteiger partial charge is 0.161 e. The Kier molecular flexibility index (Phi) is 5.63. The van der Waals surface area contributed by atoms with Crippen LogP contribution in [0.15, 0.2) is 22.8 Å². The fourth-order valence-electron chi connectivity index (χ4n) is 2.25. The highest BCUT2D eigenvalue weighted by Gasteiger charge is 2.19. The highest BCUT2D eigenvalue weighted by Crippen LogP contribution is 2.29. The zero-order chi connectivity index (χ0) is 12.8. The Labute approximate surface area is 104 Å². The van der Waals surface area contributed by atoms with Crippen LogP contribution in [0.4, 0.5) is 0 Å². The topological polar surface area (TPSA) is 37.3 Å². The van der Waals surface area contributed by atoms with E-state index in [4.69, 9.17) is 0 Å². The summed E-state index contributed by atoms with van der Waals surface area (Å²) in [6.45, 7) is 5.85. The molecular formula is C15H24O2. The number of aliphatic hydroxyl groups excluding tert-OH is 1. The van der Waals surface area contributed by atoms with Crippen LogP contribution in [0.3, 0.4) is 0 Å². The monoisotopic (exact) mass is 236 g/mol. The Morgan fingerprint density at radius 2 is 2.00 bits per heavy atom. The molecule has 0 aromatic carbocycles. The molecule has 0 radical (unpaired) electrons. The van der Waals surface area contributed by atoms with E-state index >= 15 is 0 Å². The number of rotatable bonds is 5. The van der Waals surface area contributed by atoms with E-state index in [9.17, 15) is 9.90 Å². The third-order valence-corrected chi connectivity index (χ3v) is 3.16. The number of allylic oxidation sites excluding steroid dienone is 4. The van der Waals surface area contributed by atoms with Crippen LogP contribution < -0.4 is 0 Å². The highest BCUT2D eigenvalue weighted by molar-refractivity contribution is 5.96. The Hall–Kier alpha value is -0.890. The van der Waals surface area contributed by atoms with Crippen molar-refractivity contribution < 1.29 is 9.90 Å². The summed E-state index contributed by atoms with van der Waals surface area (Å²) in [6.07, 6.45) is 7.09. The number of hydrogen-bond donors (Lipinski definition) is 1. The molecule has 0 aromatic heterocycles. The van der Waals surface area contributed by atoms with Gasteiger partial charge in [0.15, 0.2) is 5.78 Å². The summed E-state index contributed by atoms with van der Waals surface area (Å²) < 4.78 is 0. The SMILES string of the molecule is CC(C)=CCC1=C(C(=O)CC(C)O)CCCC1. The molecule has 0 spiro atoms. The maximum atomic E-state index is 12.0. The van der Waals surface area contributed by atoms with E-state index in [0.29, 0.717) is 0 Å². The van der Waals surface area contributed by atoms with E-state index in [0.717, 1.165) is 31.3 Å². The first-order valence-corrected chi connectivity index (χ1v) is 6.56. The van der Waals surface area contributed by atoms with Gasteiger partial charge in [-0.3, -0.25) is 4.79 Å². The van der Waals surface area contributed by atoms with Crippen LogP contribution in [0.5, 0.6) is 0 Å². The van der Waals surface area contributed by atoms with Crippen molar-refractivity contribution in [3.63, 3.8) is 0 Å². The van der Waals surface area contributed by atoms with Crippen molar-refractivity contribution in [2.75, 3.05) is 0 Å². The van der Waals surface area contributed by atoms with Gasteiger partial charge in [-0.1, -0.05) is 17.2 Å². The fourth-order valence-corrected chi connectivity index (χ4v) is 2.25. The molecular weight excluding hydrogens is 212 g/mol. The first-order valence-electron chi connectivity index (χ1n) is 6.56. The van der Waals surface area contributed by atoms with Crippen LogP contribution in [0, 0.1) is 0 Å². The van der Waals surface area contributed by atoms with Gasteiger partial charge in [0.2, 0.25) is 0 Å². The van der Waals surface area contributed by atoms with Crippen LogP contribution in [0.25, 0.3) is 0 Å². The van der Waals surface area contributed by atoms with Crippen molar-refractivity contribution in [3.8, 4) is 0 Å². The van der Waals surface area contributed by atoms with Gasteiger partial charge in [-0.05, 0) is 58.4 Å². The van der Waals surface area contributed by atoms with Gasteiger partial charge < -0.3 is 5.11 Å². The van der Waals surface area contributed by atoms with Crippen molar-refractivity contribution in [3.05, 3.63) is 22.8 Å². The van der Waals surface area contributed by atoms with E-state index in [-0.39, 0.29) is 12.2 Å². The summed E-state index contributed by atoms with van der Waals surface area (Å²) in [5.41, 5.74) is 3.59. The van der Waals surface area contributed by atoms with Crippen LogP contribution >= 0.6 is 0 Å². The lowest BCUT2D eigenvalue weighted by Crippen LogP contribution is -2.15. The van der Waals surface area contributed by atoms with Gasteiger partial charge in [0.25, 0.3) is 0 Å². The van der Waals surface area contributed by atoms with Crippen molar-refractivity contribution in [2.45, 2.75) is 65.4 Å². The second-order valence-electron chi connectivity index (χ2n) is 5.25. The molecule has 0 fully saturated rings. The molecule has 1 aliphatic carbocycles. The minimum atomic E-state index is -0.526. The number of carbonyl (C=O) groups is 1. The van der Waals surface area contributed by atoms with Crippen LogP contribution in [-0.2, 0) is 4.79 Å². The molecule has 0 amide bonds. The summed E-state index contributed by atoms with van der Waals surface area (Å²) >= 11 is 0. The van der Waals surface area contributed by atoms with Gasteiger partial charge in [0.1, 0.15) is 0 Å². The van der Waals surface area contributed by atoms with Gasteiger partial charge in [-0.2, -0.15) is 0 Å². The second kappa shape index (κ2) is 6.75. The third-order valence-electron chi connectivity index (χ3n) is 3.16. The molecule has 1 N–H and O–H groups in total. The number of carbonyl (C=O) groups excluding carboxylic acids is 1. The third kappa shape index (κ3) is 4.86. The summed E-state index contributed by atoms with van der Waals surface area (Å²) in [4.78, 5) is 12.0. The molecule has 1 unspecified atom stereocenters. The highest BCUT2D eigenvalue weighted by atomic mass is 16.3. The Bertz CT molecular complexity index is 331. The minimum absolute atomic E-state index is 0.150. The molecule has 17 heavy (non-hydrogen) atoms. The number of hydrogen-bond acceptors (Lipinski definition) is 2. The number of Topliss-reactive ketones (excluding diaryl/α,β-unsaturated/α-hetero) is 1. The fraction of sp³-hybridized carbons (Fsp3) is 0.667. The molecule has 2 nitrogen and oxygen atoms in total. The summed E-state index contributed by atoms with van der Waals surface area (Å²) in [5.74, 6) is 0.150. The molecule has 1 atom stereocenters. The van der Waals surface area contributed by atoms with E-state index in [1.807, 2.05) is 0 Å². The summed E-state index contributed by atoms with van der Waals surface area (Å²) in [6, 6.07) is 0. The van der Waals surface area contributed by atoms with E-state index in [1.165, 1.54) is 17.6 Å². The molecule has 1 rings (SSSR count). The largest absolute Gasteiger partial charge is 0.393 e. The Balaban J connectivity index is 2.80. The number of ketones is 1. The van der Waals surface area contributed by atoms with Gasteiger partial charge in [-0.25, -0.2) is 0 Å². The predicted octanol–water partition coefficient (Wildman–Crippen LogP) is 3.55. The molecule has 96 valence electrons. The van der Waals surface area contributed by atoms with E-state index in [2.05, 4.69) is 19.9 Å². The maximum absolute atomic E-state index is 12.0. The molecule has 0 aliphatic heterocycles. The molecule has 0 saturated heterocycles. The van der Waals surface area contributed by atoms with Gasteiger partial charge in [0, 0.05) is 6.42 Å². The Morgan fingerprint density at radius 1 is 1.35 bits per heavy atom.